The van der Waals surface area contributed by atoms with Crippen molar-refractivity contribution in [2.75, 3.05) is 19.8 Å². The summed E-state index contributed by atoms with van der Waals surface area (Å²) >= 11 is 0. The van der Waals surface area contributed by atoms with Gasteiger partial charge in [-0.15, -0.1) is 0 Å². The molecule has 0 aliphatic carbocycles. The molecular weight excluding hydrogens is 474 g/mol. The highest BCUT2D eigenvalue weighted by atomic mass is 32.2. The molecule has 1 aromatic carbocycles. The van der Waals surface area contributed by atoms with Crippen LogP contribution >= 0.6 is 0 Å². The second kappa shape index (κ2) is 9.50. The van der Waals surface area contributed by atoms with Crippen LogP contribution in [0.15, 0.2) is 23.0 Å². The predicted molar refractivity (Wildman–Crippen MR) is 118 cm³/mol. The van der Waals surface area contributed by atoms with Gasteiger partial charge in [-0.25, -0.2) is 21.9 Å². The standard InChI is InChI=1S/C21H24F2N4O6S/c1-4-26(2)21(31)17-19(29)18(28)15(16-14(7-8-27(16)17)25-34(3,32)33)20(30)24-10-11-5-6-12(22)9-13(11)23/h5-6,9,14,25,29H,4,7-8,10H2,1-3H3,(H,24,30)/t14-/m0/s1. The smallest absolute Gasteiger partial charge is 0.274 e. The van der Waals surface area contributed by atoms with E-state index in [2.05, 4.69) is 10.0 Å². The maximum atomic E-state index is 13.9. The van der Waals surface area contributed by atoms with E-state index in [1.165, 1.54) is 16.5 Å². The van der Waals surface area contributed by atoms with Crippen molar-refractivity contribution in [3.05, 3.63) is 62.6 Å². The van der Waals surface area contributed by atoms with E-state index in [1.54, 1.807) is 6.92 Å². The van der Waals surface area contributed by atoms with E-state index < -0.39 is 62.8 Å². The molecule has 0 fully saturated rings. The first-order valence-electron chi connectivity index (χ1n) is 10.3. The number of amides is 2. The van der Waals surface area contributed by atoms with E-state index in [0.717, 1.165) is 18.4 Å². The maximum absolute atomic E-state index is 13.9. The van der Waals surface area contributed by atoms with Crippen LogP contribution in [0.4, 0.5) is 8.78 Å². The van der Waals surface area contributed by atoms with Crippen LogP contribution in [-0.4, -0.2) is 54.7 Å². The van der Waals surface area contributed by atoms with E-state index in [1.807, 2.05) is 0 Å². The van der Waals surface area contributed by atoms with Crippen molar-refractivity contribution in [2.45, 2.75) is 32.5 Å². The SMILES string of the molecule is CCN(C)C(=O)c1c(O)c(=O)c(C(=O)NCc2ccc(F)cc2F)c2n1CC[C@@H]2NS(C)(=O)=O. The number of carbonyl (C=O) groups is 2. The van der Waals surface area contributed by atoms with Gasteiger partial charge < -0.3 is 19.9 Å². The summed E-state index contributed by atoms with van der Waals surface area (Å²) in [5.74, 6) is -4.37. The lowest BCUT2D eigenvalue weighted by Gasteiger charge is -2.22. The second-order valence-corrected chi connectivity index (χ2v) is 9.69. The molecule has 1 aliphatic rings. The van der Waals surface area contributed by atoms with E-state index >= 15 is 0 Å². The zero-order chi connectivity index (χ0) is 25.4. The molecule has 34 heavy (non-hydrogen) atoms. The Morgan fingerprint density at radius 3 is 2.56 bits per heavy atom. The number of carbonyl (C=O) groups excluding carboxylic acids is 2. The van der Waals surface area contributed by atoms with Crippen LogP contribution in [-0.2, 0) is 23.1 Å². The number of hydrogen-bond acceptors (Lipinski definition) is 6. The van der Waals surface area contributed by atoms with Gasteiger partial charge in [-0.2, -0.15) is 0 Å². The minimum absolute atomic E-state index is 0.0435. The van der Waals surface area contributed by atoms with E-state index in [4.69, 9.17) is 0 Å². The number of rotatable bonds is 7. The fraction of sp³-hybridized carbons (Fsp3) is 0.381. The fourth-order valence-electron chi connectivity index (χ4n) is 3.78. The Labute approximate surface area is 194 Å². The average molecular weight is 499 g/mol. The van der Waals surface area contributed by atoms with Crippen LogP contribution < -0.4 is 15.5 Å². The summed E-state index contributed by atoms with van der Waals surface area (Å²) in [7, 11) is -2.32. The molecule has 184 valence electrons. The molecule has 1 aromatic heterocycles. The maximum Gasteiger partial charge on any atom is 0.274 e. The number of fused-ring (bicyclic) bond motifs is 1. The Morgan fingerprint density at radius 2 is 1.97 bits per heavy atom. The van der Waals surface area contributed by atoms with Crippen molar-refractivity contribution in [3.63, 3.8) is 0 Å². The highest BCUT2D eigenvalue weighted by Crippen LogP contribution is 2.33. The van der Waals surface area contributed by atoms with Crippen molar-refractivity contribution in [1.29, 1.82) is 0 Å². The highest BCUT2D eigenvalue weighted by molar-refractivity contribution is 7.88. The van der Waals surface area contributed by atoms with Crippen molar-refractivity contribution in [3.8, 4) is 5.75 Å². The van der Waals surface area contributed by atoms with Crippen LogP contribution in [0.2, 0.25) is 0 Å². The van der Waals surface area contributed by atoms with Crippen LogP contribution in [0, 0.1) is 11.6 Å². The quantitative estimate of drug-likeness (QED) is 0.518. The third kappa shape index (κ3) is 4.94. The number of benzene rings is 1. The molecule has 3 rings (SSSR count). The molecule has 0 saturated heterocycles. The van der Waals surface area contributed by atoms with Crippen LogP contribution in [0.3, 0.4) is 0 Å². The Kier molecular flexibility index (Phi) is 7.07. The second-order valence-electron chi connectivity index (χ2n) is 7.91. The summed E-state index contributed by atoms with van der Waals surface area (Å²) < 4.78 is 54.4. The first kappa shape index (κ1) is 25.3. The Hall–Kier alpha value is -3.32. The van der Waals surface area contributed by atoms with E-state index in [0.29, 0.717) is 6.07 Å². The molecule has 2 aromatic rings. The summed E-state index contributed by atoms with van der Waals surface area (Å²) in [5.41, 5.74) is -2.24. The Balaban J connectivity index is 2.12. The van der Waals surface area contributed by atoms with Gasteiger partial charge >= 0.3 is 0 Å². The van der Waals surface area contributed by atoms with E-state index in [-0.39, 0.29) is 36.5 Å². The van der Waals surface area contributed by atoms with Crippen molar-refractivity contribution >= 4 is 21.8 Å². The first-order valence-corrected chi connectivity index (χ1v) is 12.2. The van der Waals surface area contributed by atoms with Gasteiger partial charge in [0.05, 0.1) is 18.0 Å². The molecule has 2 amide bonds. The van der Waals surface area contributed by atoms with Crippen LogP contribution in [0.5, 0.6) is 5.75 Å². The number of halogens is 2. The van der Waals surface area contributed by atoms with E-state index in [9.17, 15) is 36.7 Å². The monoisotopic (exact) mass is 498 g/mol. The molecule has 0 saturated carbocycles. The molecule has 13 heteroatoms. The number of aromatic hydroxyl groups is 1. The van der Waals surface area contributed by atoms with Gasteiger partial charge in [-0.1, -0.05) is 6.07 Å². The van der Waals surface area contributed by atoms with Gasteiger partial charge in [-0.05, 0) is 19.4 Å². The fourth-order valence-corrected chi connectivity index (χ4v) is 4.52. The predicted octanol–water partition coefficient (Wildman–Crippen LogP) is 0.848. The van der Waals surface area contributed by atoms with Crippen molar-refractivity contribution < 1.29 is 31.9 Å². The first-order chi connectivity index (χ1) is 15.9. The molecular formula is C21H24F2N4O6S. The van der Waals surface area contributed by atoms with Crippen LogP contribution in [0.25, 0.3) is 0 Å². The number of nitrogens with zero attached hydrogens (tertiary/aromatic N) is 2. The molecule has 0 bridgehead atoms. The van der Waals surface area contributed by atoms with Gasteiger partial charge in [0.2, 0.25) is 15.5 Å². The lowest BCUT2D eigenvalue weighted by molar-refractivity contribution is 0.0785. The summed E-state index contributed by atoms with van der Waals surface area (Å²) in [4.78, 5) is 40.1. The van der Waals surface area contributed by atoms with Crippen LogP contribution in [0.1, 0.15) is 51.5 Å². The molecule has 0 radical (unpaired) electrons. The number of sulfonamides is 1. The molecule has 3 N–H and O–H groups in total. The number of pyridine rings is 1. The normalized spacial score (nSPS) is 15.1. The average Bonchev–Trinajstić information content (AvgIpc) is 3.13. The third-order valence-electron chi connectivity index (χ3n) is 5.52. The van der Waals surface area contributed by atoms with Crippen molar-refractivity contribution in [2.24, 2.45) is 0 Å². The number of hydrogen-bond donors (Lipinski definition) is 3. The number of aromatic nitrogens is 1. The zero-order valence-electron chi connectivity index (χ0n) is 18.7. The molecule has 1 atom stereocenters. The van der Waals surface area contributed by atoms with Gasteiger partial charge in [-0.3, -0.25) is 14.4 Å². The largest absolute Gasteiger partial charge is 0.503 e. The molecule has 1 aliphatic heterocycles. The zero-order valence-corrected chi connectivity index (χ0v) is 19.5. The van der Waals surface area contributed by atoms with Gasteiger partial charge in [0.1, 0.15) is 17.2 Å². The van der Waals surface area contributed by atoms with Gasteiger partial charge in [0.15, 0.2) is 11.4 Å². The minimum Gasteiger partial charge on any atom is -0.503 e. The topological polar surface area (TPSA) is 138 Å². The number of nitrogens with one attached hydrogen (secondary N) is 2. The van der Waals surface area contributed by atoms with Gasteiger partial charge in [0.25, 0.3) is 11.8 Å². The highest BCUT2D eigenvalue weighted by Gasteiger charge is 2.37. The lowest BCUT2D eigenvalue weighted by atomic mass is 10.0. The Bertz CT molecular complexity index is 1330. The third-order valence-corrected chi connectivity index (χ3v) is 6.23. The summed E-state index contributed by atoms with van der Waals surface area (Å²) in [5, 5.41) is 12.9. The molecule has 0 spiro atoms. The summed E-state index contributed by atoms with van der Waals surface area (Å²) in [6.45, 7) is 1.58. The van der Waals surface area contributed by atoms with Crippen molar-refractivity contribution in [1.82, 2.24) is 19.5 Å². The molecule has 2 heterocycles. The molecule has 0 unspecified atom stereocenters. The minimum atomic E-state index is -3.77. The molecule has 10 nitrogen and oxygen atoms in total. The Morgan fingerprint density at radius 1 is 1.29 bits per heavy atom. The summed E-state index contributed by atoms with van der Waals surface area (Å²) in [6, 6.07) is 1.73. The lowest BCUT2D eigenvalue weighted by Crippen LogP contribution is -2.37. The van der Waals surface area contributed by atoms with Gasteiger partial charge in [0, 0.05) is 38.3 Å². The summed E-state index contributed by atoms with van der Waals surface area (Å²) in [6.07, 6.45) is 1.01.